The predicted octanol–water partition coefficient (Wildman–Crippen LogP) is -4.53. The van der Waals surface area contributed by atoms with E-state index >= 15 is 0 Å². The summed E-state index contributed by atoms with van der Waals surface area (Å²) in [5, 5.41) is 19.3. The van der Waals surface area contributed by atoms with Crippen LogP contribution in [0.4, 0.5) is 0 Å². The van der Waals surface area contributed by atoms with Crippen molar-refractivity contribution in [2.75, 3.05) is 6.61 Å². The van der Waals surface area contributed by atoms with Gasteiger partial charge in [-0.15, -0.1) is 0 Å². The molecule has 0 aromatic carbocycles. The summed E-state index contributed by atoms with van der Waals surface area (Å²) in [6.07, 6.45) is -7.40. The third-order valence-corrected chi connectivity index (χ3v) is 2.96. The molecular weight excluding hydrogens is 454 g/mol. The minimum atomic E-state index is -5.34. The number of rotatable bonds is 14. The number of aliphatic hydroxyl groups excluding tert-OH is 2. The molecule has 0 aliphatic carbocycles. The number of aliphatic hydroxyl groups is 2. The second kappa shape index (κ2) is 10.6. The molecule has 0 aliphatic heterocycles. The Morgan fingerprint density at radius 3 is 1.81 bits per heavy atom. The molecule has 0 amide bonds. The van der Waals surface area contributed by atoms with Crippen LogP contribution in [0.3, 0.4) is 0 Å². The summed E-state index contributed by atoms with van der Waals surface area (Å²) < 4.78 is 97.7. The van der Waals surface area contributed by atoms with Crippen LogP contribution in [-0.2, 0) is 58.7 Å². The Bertz CT molecular complexity index is 771. The Balaban J connectivity index is 5.25. The fourth-order valence-corrected chi connectivity index (χ4v) is 1.79. The maximum absolute atomic E-state index is 10.9. The van der Waals surface area contributed by atoms with Gasteiger partial charge >= 0.3 is 31.2 Å². The summed E-state index contributed by atoms with van der Waals surface area (Å²) in [6, 6.07) is -2.19. The summed E-state index contributed by atoms with van der Waals surface area (Å²) in [7, 11) is -15.6. The highest BCUT2D eigenvalue weighted by Crippen LogP contribution is 2.12. The standard InChI is InChI=1S/C6H13NO17S3/c8-1-3(7-22-25(11,12)13)6(21-24-27(17,18)19)5(10)4(9)2-20-23-26(14,15)16/h1,3-7,9-10H,2H2,(H,11,12,13)(H,14,15,16)(H,17,18,19)/t3-,4+,5+,6+/m0/s1. The molecule has 18 nitrogen and oxygen atoms in total. The average Bonchev–Trinajstić information content (AvgIpc) is 2.46. The van der Waals surface area contributed by atoms with Crippen LogP contribution in [-0.4, -0.2) is 86.4 Å². The van der Waals surface area contributed by atoms with Crippen molar-refractivity contribution in [1.29, 1.82) is 0 Å². The lowest BCUT2D eigenvalue weighted by Gasteiger charge is -2.28. The van der Waals surface area contributed by atoms with E-state index in [9.17, 15) is 40.3 Å². The van der Waals surface area contributed by atoms with Gasteiger partial charge in [0.1, 0.15) is 37.2 Å². The fraction of sp³-hybridized carbons (Fsp3) is 0.833. The van der Waals surface area contributed by atoms with E-state index in [1.54, 1.807) is 0 Å². The molecule has 0 aromatic rings. The average molecular weight is 467 g/mol. The third-order valence-electron chi connectivity index (χ3n) is 2.13. The maximum Gasteiger partial charge on any atom is 0.424 e. The van der Waals surface area contributed by atoms with E-state index < -0.39 is 62.2 Å². The molecule has 21 heteroatoms. The van der Waals surface area contributed by atoms with Gasteiger partial charge in [0.15, 0.2) is 0 Å². The number of carbonyl (C=O) groups excluding carboxylic acids is 1. The molecule has 0 aliphatic rings. The highest BCUT2D eigenvalue weighted by Gasteiger charge is 2.37. The smallest absolute Gasteiger partial charge is 0.388 e. The monoisotopic (exact) mass is 467 g/mol. The molecule has 6 N–H and O–H groups in total. The molecule has 0 bridgehead atoms. The number of hydrogen-bond acceptors (Lipinski definition) is 15. The number of hydrogen-bond donors (Lipinski definition) is 6. The van der Waals surface area contributed by atoms with Gasteiger partial charge in [0.2, 0.25) is 0 Å². The molecule has 0 fully saturated rings. The highest BCUT2D eigenvalue weighted by atomic mass is 32.3. The van der Waals surface area contributed by atoms with Gasteiger partial charge in [-0.1, -0.05) is 8.67 Å². The van der Waals surface area contributed by atoms with Gasteiger partial charge in [-0.25, -0.2) is 9.78 Å². The van der Waals surface area contributed by atoms with E-state index in [4.69, 9.17) is 13.7 Å². The number of nitrogens with one attached hydrogen (secondary N) is 1. The van der Waals surface area contributed by atoms with Crippen molar-refractivity contribution in [2.24, 2.45) is 0 Å². The molecule has 0 radical (unpaired) electrons. The van der Waals surface area contributed by atoms with Crippen LogP contribution in [0.2, 0.25) is 0 Å². The zero-order valence-corrected chi connectivity index (χ0v) is 14.9. The zero-order valence-electron chi connectivity index (χ0n) is 12.5. The topological polar surface area (TPSA) is 279 Å². The van der Waals surface area contributed by atoms with Gasteiger partial charge in [0.25, 0.3) is 0 Å². The van der Waals surface area contributed by atoms with Crippen LogP contribution in [0.25, 0.3) is 0 Å². The lowest BCUT2D eigenvalue weighted by molar-refractivity contribution is -0.292. The first-order chi connectivity index (χ1) is 12.1. The van der Waals surface area contributed by atoms with Crippen molar-refractivity contribution in [3.63, 3.8) is 0 Å². The Morgan fingerprint density at radius 1 is 0.889 bits per heavy atom. The van der Waals surface area contributed by atoms with Crippen LogP contribution in [0.5, 0.6) is 0 Å². The molecule has 4 atom stereocenters. The molecule has 0 spiro atoms. The van der Waals surface area contributed by atoms with E-state index in [-0.39, 0.29) is 6.29 Å². The van der Waals surface area contributed by atoms with Crippen molar-refractivity contribution in [3.8, 4) is 0 Å². The summed E-state index contributed by atoms with van der Waals surface area (Å²) in [6.45, 7) is -1.25. The first kappa shape index (κ1) is 26.1. The van der Waals surface area contributed by atoms with Crippen LogP contribution >= 0.6 is 0 Å². The molecule has 162 valence electrons. The summed E-state index contributed by atoms with van der Waals surface area (Å²) in [5.74, 6) is 0. The molecule has 0 saturated carbocycles. The van der Waals surface area contributed by atoms with E-state index in [1.807, 2.05) is 0 Å². The largest absolute Gasteiger partial charge is 0.424 e. The number of hydroxylamine groups is 1. The quantitative estimate of drug-likeness (QED) is 0.0607. The highest BCUT2D eigenvalue weighted by molar-refractivity contribution is 7.81. The Hall–Kier alpha value is -0.920. The minimum Gasteiger partial charge on any atom is -0.388 e. The van der Waals surface area contributed by atoms with E-state index in [2.05, 4.69) is 22.7 Å². The molecule has 0 aromatic heterocycles. The minimum absolute atomic E-state index is 0.283. The summed E-state index contributed by atoms with van der Waals surface area (Å²) in [4.78, 5) is 18.7. The molecule has 0 rings (SSSR count). The summed E-state index contributed by atoms with van der Waals surface area (Å²) in [5.41, 5.74) is 1.30. The van der Waals surface area contributed by atoms with Crippen molar-refractivity contribution < 1.29 is 76.6 Å². The van der Waals surface area contributed by atoms with Crippen molar-refractivity contribution in [2.45, 2.75) is 24.4 Å². The second-order valence-electron chi connectivity index (χ2n) is 4.19. The maximum atomic E-state index is 10.9. The predicted molar refractivity (Wildman–Crippen MR) is 73.7 cm³/mol. The molecular formula is C6H13NO17S3. The van der Waals surface area contributed by atoms with Crippen LogP contribution in [0.1, 0.15) is 0 Å². The number of carbonyl (C=O) groups is 1. The normalized spacial score (nSPS) is 17.8. The van der Waals surface area contributed by atoms with E-state index in [1.165, 1.54) is 5.48 Å². The van der Waals surface area contributed by atoms with Crippen LogP contribution in [0, 0.1) is 0 Å². The first-order valence-electron chi connectivity index (χ1n) is 5.89. The van der Waals surface area contributed by atoms with Gasteiger partial charge in [-0.3, -0.25) is 13.7 Å². The number of aldehydes is 1. The van der Waals surface area contributed by atoms with Gasteiger partial charge in [0, 0.05) is 0 Å². The zero-order chi connectivity index (χ0) is 21.5. The molecule has 27 heavy (non-hydrogen) atoms. The Labute approximate surface area is 151 Å². The van der Waals surface area contributed by atoms with E-state index in [0.29, 0.717) is 0 Å². The van der Waals surface area contributed by atoms with Gasteiger partial charge in [-0.05, 0) is 0 Å². The van der Waals surface area contributed by atoms with Gasteiger partial charge in [-0.2, -0.15) is 35.0 Å². The summed E-state index contributed by atoms with van der Waals surface area (Å²) >= 11 is 0. The fourth-order valence-electron chi connectivity index (χ4n) is 1.19. The second-order valence-corrected chi connectivity index (χ2v) is 7.19. The van der Waals surface area contributed by atoms with Crippen LogP contribution in [0.15, 0.2) is 0 Å². The molecule has 0 unspecified atom stereocenters. The van der Waals surface area contributed by atoms with Crippen molar-refractivity contribution in [1.82, 2.24) is 5.48 Å². The Kier molecular flexibility index (Phi) is 10.2. The molecule has 0 saturated heterocycles. The third kappa shape index (κ3) is 13.0. The van der Waals surface area contributed by atoms with E-state index in [0.717, 1.165) is 0 Å². The first-order valence-corrected chi connectivity index (χ1v) is 9.99. The van der Waals surface area contributed by atoms with Crippen LogP contribution < -0.4 is 5.48 Å². The molecule has 0 heterocycles. The lowest BCUT2D eigenvalue weighted by Crippen LogP contribution is -2.54. The van der Waals surface area contributed by atoms with Crippen molar-refractivity contribution >= 4 is 37.5 Å². The van der Waals surface area contributed by atoms with Gasteiger partial charge < -0.3 is 15.0 Å². The van der Waals surface area contributed by atoms with Gasteiger partial charge in [0.05, 0.1) is 0 Å². The lowest BCUT2D eigenvalue weighted by atomic mass is 10.0. The Morgan fingerprint density at radius 2 is 1.41 bits per heavy atom. The SMILES string of the molecule is O=C[C@H](NOS(=O)(=O)O)[C@@H](OOS(=O)(=O)O)[C@H](O)[C@H](O)COOS(=O)(=O)O. The van der Waals surface area contributed by atoms with Crippen molar-refractivity contribution in [3.05, 3.63) is 0 Å².